The van der Waals surface area contributed by atoms with E-state index in [4.69, 9.17) is 13.9 Å². The van der Waals surface area contributed by atoms with Gasteiger partial charge in [-0.25, -0.2) is 4.79 Å². The molecule has 0 N–H and O–H groups in total. The van der Waals surface area contributed by atoms with Crippen molar-refractivity contribution in [2.24, 2.45) is 0 Å². The van der Waals surface area contributed by atoms with Crippen molar-refractivity contribution in [1.82, 2.24) is 9.80 Å². The standard InChI is InChI=1S/C22H28N2O4/c1-15-20-16(12-19-17-4-2-5-18(17)22(25)28-21(15)19)13-24(14-27-20)7-3-6-23-8-10-26-11-9-23/h12H,2-11,13-14H2,1H3. The first-order valence-electron chi connectivity index (χ1n) is 10.5. The molecule has 1 saturated heterocycles. The number of aryl methyl sites for hydroxylation is 2. The molecular formula is C22H28N2O4. The lowest BCUT2D eigenvalue weighted by Crippen LogP contribution is -2.39. The van der Waals surface area contributed by atoms with E-state index in [0.29, 0.717) is 12.3 Å². The Labute approximate surface area is 165 Å². The molecule has 2 aromatic rings. The summed E-state index contributed by atoms with van der Waals surface area (Å²) >= 11 is 0. The van der Waals surface area contributed by atoms with Crippen LogP contribution in [0.4, 0.5) is 0 Å². The van der Waals surface area contributed by atoms with E-state index in [0.717, 1.165) is 93.9 Å². The highest BCUT2D eigenvalue weighted by molar-refractivity contribution is 5.87. The zero-order chi connectivity index (χ0) is 19.1. The average molecular weight is 384 g/mol. The monoisotopic (exact) mass is 384 g/mol. The number of nitrogens with zero attached hydrogens (tertiary/aromatic N) is 2. The summed E-state index contributed by atoms with van der Waals surface area (Å²) in [5, 5.41) is 1.11. The maximum Gasteiger partial charge on any atom is 0.339 e. The Kier molecular flexibility index (Phi) is 4.87. The van der Waals surface area contributed by atoms with Crippen LogP contribution in [-0.4, -0.2) is 55.9 Å². The minimum atomic E-state index is -0.163. The van der Waals surface area contributed by atoms with E-state index >= 15 is 0 Å². The van der Waals surface area contributed by atoms with Crippen molar-refractivity contribution in [3.8, 4) is 5.75 Å². The molecule has 0 amide bonds. The van der Waals surface area contributed by atoms with E-state index in [-0.39, 0.29) is 5.63 Å². The highest BCUT2D eigenvalue weighted by Gasteiger charge is 2.26. The molecule has 2 aliphatic heterocycles. The second-order valence-corrected chi connectivity index (χ2v) is 8.20. The van der Waals surface area contributed by atoms with E-state index in [9.17, 15) is 4.79 Å². The molecule has 3 heterocycles. The van der Waals surface area contributed by atoms with Gasteiger partial charge in [-0.1, -0.05) is 0 Å². The number of benzene rings is 1. The first-order valence-corrected chi connectivity index (χ1v) is 10.5. The Morgan fingerprint density at radius 2 is 1.86 bits per heavy atom. The number of fused-ring (bicyclic) bond motifs is 4. The molecule has 1 aromatic heterocycles. The molecule has 0 radical (unpaired) electrons. The maximum atomic E-state index is 12.3. The topological polar surface area (TPSA) is 55.2 Å². The molecular weight excluding hydrogens is 356 g/mol. The zero-order valence-corrected chi connectivity index (χ0v) is 16.6. The van der Waals surface area contributed by atoms with Crippen LogP contribution in [0.3, 0.4) is 0 Å². The Morgan fingerprint density at radius 1 is 1.07 bits per heavy atom. The number of hydrogen-bond donors (Lipinski definition) is 0. The quantitative estimate of drug-likeness (QED) is 0.755. The second-order valence-electron chi connectivity index (χ2n) is 8.20. The van der Waals surface area contributed by atoms with Gasteiger partial charge < -0.3 is 13.9 Å². The molecule has 6 nitrogen and oxygen atoms in total. The Balaban J connectivity index is 1.35. The van der Waals surface area contributed by atoms with Crippen LogP contribution in [0, 0.1) is 6.92 Å². The Hall–Kier alpha value is -1.89. The first kappa shape index (κ1) is 18.2. The van der Waals surface area contributed by atoms with E-state index < -0.39 is 0 Å². The van der Waals surface area contributed by atoms with Crippen LogP contribution in [-0.2, 0) is 24.1 Å². The van der Waals surface area contributed by atoms with Crippen molar-refractivity contribution in [3.63, 3.8) is 0 Å². The van der Waals surface area contributed by atoms with Crippen molar-refractivity contribution in [2.75, 3.05) is 46.1 Å². The van der Waals surface area contributed by atoms with Crippen molar-refractivity contribution in [1.29, 1.82) is 0 Å². The predicted octanol–water partition coefficient (Wildman–Crippen LogP) is 2.46. The molecule has 150 valence electrons. The molecule has 0 unspecified atom stereocenters. The molecule has 0 bridgehead atoms. The summed E-state index contributed by atoms with van der Waals surface area (Å²) in [6, 6.07) is 2.21. The van der Waals surface area contributed by atoms with Crippen LogP contribution in [0.25, 0.3) is 11.0 Å². The summed E-state index contributed by atoms with van der Waals surface area (Å²) in [7, 11) is 0. The van der Waals surface area contributed by atoms with Crippen LogP contribution in [0.5, 0.6) is 5.75 Å². The summed E-state index contributed by atoms with van der Waals surface area (Å²) in [5.41, 5.74) is 4.80. The normalized spacial score (nSPS) is 20.2. The molecule has 0 atom stereocenters. The minimum Gasteiger partial charge on any atom is -0.477 e. The van der Waals surface area contributed by atoms with Crippen molar-refractivity contribution >= 4 is 11.0 Å². The summed E-state index contributed by atoms with van der Waals surface area (Å²) in [6.45, 7) is 9.43. The van der Waals surface area contributed by atoms with Gasteiger partial charge in [-0.2, -0.15) is 0 Å². The molecule has 0 spiro atoms. The third-order valence-corrected chi connectivity index (χ3v) is 6.36. The zero-order valence-electron chi connectivity index (χ0n) is 16.6. The van der Waals surface area contributed by atoms with Crippen LogP contribution >= 0.6 is 0 Å². The predicted molar refractivity (Wildman–Crippen MR) is 107 cm³/mol. The summed E-state index contributed by atoms with van der Waals surface area (Å²) in [5.74, 6) is 0.901. The SMILES string of the molecule is Cc1c2c(cc3c4c(c(=O)oc13)CCC4)CN(CCCN1CCOCC1)CO2. The lowest BCUT2D eigenvalue weighted by atomic mass is 9.99. The lowest BCUT2D eigenvalue weighted by molar-refractivity contribution is 0.0330. The number of ether oxygens (including phenoxy) is 2. The molecule has 1 aliphatic carbocycles. The van der Waals surface area contributed by atoms with Gasteiger partial charge in [-0.3, -0.25) is 9.80 Å². The van der Waals surface area contributed by atoms with E-state index in [1.807, 2.05) is 6.92 Å². The average Bonchev–Trinajstić information content (AvgIpc) is 3.21. The minimum absolute atomic E-state index is 0.163. The summed E-state index contributed by atoms with van der Waals surface area (Å²) in [6.07, 6.45) is 3.99. The van der Waals surface area contributed by atoms with Gasteiger partial charge in [0.05, 0.1) is 13.2 Å². The van der Waals surface area contributed by atoms with Crippen LogP contribution in [0.15, 0.2) is 15.3 Å². The summed E-state index contributed by atoms with van der Waals surface area (Å²) in [4.78, 5) is 17.2. The maximum absolute atomic E-state index is 12.3. The van der Waals surface area contributed by atoms with Crippen LogP contribution < -0.4 is 10.4 Å². The fourth-order valence-electron chi connectivity index (χ4n) is 4.87. The number of hydrogen-bond acceptors (Lipinski definition) is 6. The van der Waals surface area contributed by atoms with Crippen LogP contribution in [0.1, 0.15) is 35.1 Å². The highest BCUT2D eigenvalue weighted by atomic mass is 16.5. The fraction of sp³-hybridized carbons (Fsp3) is 0.591. The van der Waals surface area contributed by atoms with E-state index in [2.05, 4.69) is 15.9 Å². The van der Waals surface area contributed by atoms with Gasteiger partial charge in [-0.15, -0.1) is 0 Å². The number of rotatable bonds is 4. The fourth-order valence-corrected chi connectivity index (χ4v) is 4.87. The molecule has 6 heteroatoms. The largest absolute Gasteiger partial charge is 0.477 e. The molecule has 28 heavy (non-hydrogen) atoms. The molecule has 1 aromatic carbocycles. The Morgan fingerprint density at radius 3 is 2.71 bits per heavy atom. The van der Waals surface area contributed by atoms with Gasteiger partial charge in [0.15, 0.2) is 0 Å². The van der Waals surface area contributed by atoms with Gasteiger partial charge in [0.2, 0.25) is 0 Å². The van der Waals surface area contributed by atoms with Crippen molar-refractivity contribution in [3.05, 3.63) is 38.7 Å². The van der Waals surface area contributed by atoms with Crippen LogP contribution in [0.2, 0.25) is 0 Å². The summed E-state index contributed by atoms with van der Waals surface area (Å²) < 4.78 is 17.2. The molecule has 3 aliphatic rings. The molecule has 0 saturated carbocycles. The lowest BCUT2D eigenvalue weighted by Gasteiger charge is -2.32. The number of morpholine rings is 1. The first-order chi connectivity index (χ1) is 13.7. The Bertz CT molecular complexity index is 946. The van der Waals surface area contributed by atoms with Gasteiger partial charge in [0.25, 0.3) is 0 Å². The van der Waals surface area contributed by atoms with Crippen molar-refractivity contribution < 1.29 is 13.9 Å². The van der Waals surface area contributed by atoms with Gasteiger partial charge in [0.1, 0.15) is 18.1 Å². The smallest absolute Gasteiger partial charge is 0.339 e. The van der Waals surface area contributed by atoms with E-state index in [1.165, 1.54) is 11.1 Å². The van der Waals surface area contributed by atoms with Gasteiger partial charge >= 0.3 is 5.63 Å². The van der Waals surface area contributed by atoms with Crippen molar-refractivity contribution in [2.45, 2.75) is 39.2 Å². The third kappa shape index (κ3) is 3.23. The second kappa shape index (κ2) is 7.50. The molecule has 1 fully saturated rings. The van der Waals surface area contributed by atoms with E-state index in [1.54, 1.807) is 0 Å². The van der Waals surface area contributed by atoms with Gasteiger partial charge in [-0.05, 0) is 50.8 Å². The molecule has 5 rings (SSSR count). The van der Waals surface area contributed by atoms with Gasteiger partial charge in [0, 0.05) is 48.3 Å². The third-order valence-electron chi connectivity index (χ3n) is 6.36. The highest BCUT2D eigenvalue weighted by Crippen LogP contribution is 2.38.